The monoisotopic (exact) mass is 551 g/mol. The summed E-state index contributed by atoms with van der Waals surface area (Å²) in [5, 5.41) is 21.0. The Kier molecular flexibility index (Phi) is 6.25. The fourth-order valence-electron chi connectivity index (χ4n) is 5.54. The second-order valence-electron chi connectivity index (χ2n) is 9.47. The predicted octanol–water partition coefficient (Wildman–Crippen LogP) is 4.79. The number of aromatic nitrogens is 4. The van der Waals surface area contributed by atoms with Gasteiger partial charge in [0.2, 0.25) is 5.95 Å². The van der Waals surface area contributed by atoms with Crippen molar-refractivity contribution in [2.24, 2.45) is 11.1 Å². The van der Waals surface area contributed by atoms with Crippen LogP contribution in [0.5, 0.6) is 0 Å². The second kappa shape index (κ2) is 9.46. The largest absolute Gasteiger partial charge is 0.390 e. The summed E-state index contributed by atoms with van der Waals surface area (Å²) in [5.74, 6) is 0.590. The maximum atomic E-state index is 10.1. The van der Waals surface area contributed by atoms with Gasteiger partial charge in [0.1, 0.15) is 6.07 Å². The minimum Gasteiger partial charge on any atom is -0.390 e. The number of aliphatic hydroxyl groups is 1. The van der Waals surface area contributed by atoms with Gasteiger partial charge in [0, 0.05) is 35.9 Å². The lowest BCUT2D eigenvalue weighted by atomic mass is 9.73. The van der Waals surface area contributed by atoms with Gasteiger partial charge < -0.3 is 15.7 Å². The lowest BCUT2D eigenvalue weighted by Gasteiger charge is -2.42. The molecular weight excluding hydrogens is 529 g/mol. The Morgan fingerprint density at radius 2 is 2.00 bits per heavy atom. The third-order valence-corrected chi connectivity index (χ3v) is 9.61. The summed E-state index contributed by atoms with van der Waals surface area (Å²) < 4.78 is 1.84. The maximum Gasteiger partial charge on any atom is 0.212 e. The van der Waals surface area contributed by atoms with Gasteiger partial charge >= 0.3 is 0 Å². The molecule has 0 amide bonds. The van der Waals surface area contributed by atoms with Crippen LogP contribution in [0.4, 0.5) is 5.95 Å². The van der Waals surface area contributed by atoms with Gasteiger partial charge in [0.25, 0.3) is 0 Å². The number of nitrogens with zero attached hydrogens (tertiary/aromatic N) is 6. The molecule has 1 aliphatic heterocycles. The van der Waals surface area contributed by atoms with Gasteiger partial charge in [-0.15, -0.1) is 0 Å². The highest BCUT2D eigenvalue weighted by atomic mass is 35.5. The van der Waals surface area contributed by atoms with Crippen LogP contribution in [0.25, 0.3) is 5.65 Å². The van der Waals surface area contributed by atoms with Crippen LogP contribution in [-0.4, -0.2) is 37.5 Å². The van der Waals surface area contributed by atoms with Crippen LogP contribution in [0.3, 0.4) is 0 Å². The highest BCUT2D eigenvalue weighted by Gasteiger charge is 2.47. The van der Waals surface area contributed by atoms with Crippen LogP contribution < -0.4 is 10.6 Å². The summed E-state index contributed by atoms with van der Waals surface area (Å²) >= 11 is 13.9. The Bertz CT molecular complexity index is 1560. The number of fused-ring (bicyclic) bond motifs is 2. The molecule has 3 aromatic heterocycles. The van der Waals surface area contributed by atoms with E-state index < -0.39 is 0 Å². The number of rotatable bonds is 4. The van der Waals surface area contributed by atoms with Gasteiger partial charge in [-0.1, -0.05) is 47.1 Å². The third-order valence-electron chi connectivity index (χ3n) is 7.54. The minimum atomic E-state index is -0.215. The van der Waals surface area contributed by atoms with Crippen molar-refractivity contribution in [2.45, 2.75) is 41.7 Å². The van der Waals surface area contributed by atoms with Crippen molar-refractivity contribution in [3.8, 4) is 6.07 Å². The van der Waals surface area contributed by atoms with Gasteiger partial charge in [-0.05, 0) is 48.4 Å². The Hall–Kier alpha value is -2.87. The number of aliphatic hydroxyl groups excluding tert-OH is 1. The van der Waals surface area contributed by atoms with Crippen molar-refractivity contribution in [3.63, 3.8) is 0 Å². The number of hydrogen-bond acceptors (Lipinski definition) is 8. The zero-order chi connectivity index (χ0) is 25.7. The normalized spacial score (nSPS) is 18.4. The van der Waals surface area contributed by atoms with Crippen LogP contribution in [0.15, 0.2) is 52.5 Å². The summed E-state index contributed by atoms with van der Waals surface area (Å²) in [6, 6.07) is 11.6. The molecular formula is C26H23Cl2N7OS. The molecule has 1 atom stereocenters. The molecule has 1 saturated heterocycles. The lowest BCUT2D eigenvalue weighted by Crippen LogP contribution is -2.45. The number of hydrogen-bond donors (Lipinski definition) is 2. The van der Waals surface area contributed by atoms with Crippen molar-refractivity contribution in [1.29, 1.82) is 5.26 Å². The van der Waals surface area contributed by atoms with Crippen LogP contribution in [-0.2, 0) is 13.0 Å². The number of benzene rings is 1. The first-order chi connectivity index (χ1) is 18.0. The molecule has 0 radical (unpaired) electrons. The lowest BCUT2D eigenvalue weighted by molar-refractivity contribution is 0.186. The van der Waals surface area contributed by atoms with E-state index in [1.54, 1.807) is 18.3 Å². The van der Waals surface area contributed by atoms with Crippen molar-refractivity contribution in [3.05, 3.63) is 75.4 Å². The van der Waals surface area contributed by atoms with Crippen LogP contribution in [0.1, 0.15) is 41.5 Å². The molecule has 188 valence electrons. The van der Waals surface area contributed by atoms with Crippen LogP contribution in [0.2, 0.25) is 10.0 Å². The van der Waals surface area contributed by atoms with Crippen molar-refractivity contribution in [1.82, 2.24) is 19.4 Å². The van der Waals surface area contributed by atoms with E-state index in [4.69, 9.17) is 33.9 Å². The van der Waals surface area contributed by atoms with Crippen molar-refractivity contribution >= 4 is 46.6 Å². The quantitative estimate of drug-likeness (QED) is 0.371. The number of nitrogens with two attached hydrogens (primary N) is 1. The van der Waals surface area contributed by atoms with E-state index in [0.29, 0.717) is 50.2 Å². The second-order valence-corrected chi connectivity index (χ2v) is 11.3. The van der Waals surface area contributed by atoms with E-state index in [1.807, 2.05) is 22.7 Å². The molecule has 6 rings (SSSR count). The molecule has 4 heterocycles. The minimum absolute atomic E-state index is 0.0434. The van der Waals surface area contributed by atoms with Crippen LogP contribution in [0, 0.1) is 16.7 Å². The molecule has 1 spiro atoms. The van der Waals surface area contributed by atoms with Gasteiger partial charge in [-0.3, -0.25) is 9.38 Å². The SMILES string of the molecule is N#Cc1nc(N2CCC3(CC2)Cc2ncccc2[C@H]3N)n2c(CO)cnc2c1Sc1cccc(Cl)c1Cl. The van der Waals surface area contributed by atoms with Gasteiger partial charge in [-0.2, -0.15) is 5.26 Å². The molecule has 11 heteroatoms. The molecule has 1 aliphatic carbocycles. The Labute approximate surface area is 228 Å². The molecule has 37 heavy (non-hydrogen) atoms. The first kappa shape index (κ1) is 24.5. The number of nitriles is 1. The highest BCUT2D eigenvalue weighted by molar-refractivity contribution is 7.99. The standard InChI is InChI=1S/C26H23Cl2N7OS/c27-17-4-1-5-20(21(17)28)37-22-19(12-29)33-25(35-15(14-36)13-32-24(22)35)34-9-6-26(7-10-34)11-18-16(23(26)30)3-2-8-31-18/h1-5,8,13,23,36H,6-7,9-11,14,30H2/t23-/m1/s1. The number of pyridine rings is 1. The first-order valence-corrected chi connectivity index (χ1v) is 13.5. The summed E-state index contributed by atoms with van der Waals surface area (Å²) in [4.78, 5) is 17.3. The van der Waals surface area contributed by atoms with Gasteiger partial charge in [0.05, 0.1) is 33.4 Å². The summed E-state index contributed by atoms with van der Waals surface area (Å²) in [7, 11) is 0. The number of halogens is 2. The van der Waals surface area contributed by atoms with Crippen molar-refractivity contribution < 1.29 is 5.11 Å². The first-order valence-electron chi connectivity index (χ1n) is 11.9. The predicted molar refractivity (Wildman–Crippen MR) is 143 cm³/mol. The molecule has 1 fully saturated rings. The van der Waals surface area contributed by atoms with Crippen LogP contribution >= 0.6 is 35.0 Å². The van der Waals surface area contributed by atoms with E-state index >= 15 is 0 Å². The molecule has 0 saturated carbocycles. The Morgan fingerprint density at radius 1 is 1.19 bits per heavy atom. The Balaban J connectivity index is 1.37. The van der Waals surface area contributed by atoms with Crippen molar-refractivity contribution in [2.75, 3.05) is 18.0 Å². The van der Waals surface area contributed by atoms with E-state index in [2.05, 4.69) is 27.0 Å². The average Bonchev–Trinajstić information content (AvgIpc) is 3.47. The molecule has 3 N–H and O–H groups in total. The fraction of sp³-hybridized carbons (Fsp3) is 0.308. The summed E-state index contributed by atoms with van der Waals surface area (Å²) in [6.45, 7) is 1.21. The van der Waals surface area contributed by atoms with E-state index in [0.717, 1.165) is 30.5 Å². The molecule has 4 aromatic rings. The number of imidazole rings is 1. The Morgan fingerprint density at radius 3 is 2.73 bits per heavy atom. The zero-order valence-corrected chi connectivity index (χ0v) is 22.1. The van der Waals surface area contributed by atoms with E-state index in [9.17, 15) is 10.4 Å². The van der Waals surface area contributed by atoms with Gasteiger partial charge in [0.15, 0.2) is 11.3 Å². The maximum absolute atomic E-state index is 10.1. The number of anilines is 1. The highest BCUT2D eigenvalue weighted by Crippen LogP contribution is 2.50. The molecule has 0 unspecified atom stereocenters. The smallest absolute Gasteiger partial charge is 0.212 e. The summed E-state index contributed by atoms with van der Waals surface area (Å²) in [5.41, 5.74) is 10.3. The number of piperidine rings is 1. The summed E-state index contributed by atoms with van der Waals surface area (Å²) in [6.07, 6.45) is 6.05. The fourth-order valence-corrected chi connectivity index (χ4v) is 7.00. The third kappa shape index (κ3) is 3.95. The zero-order valence-electron chi connectivity index (χ0n) is 19.7. The topological polar surface area (TPSA) is 116 Å². The average molecular weight is 552 g/mol. The van der Waals surface area contributed by atoms with E-state index in [1.165, 1.54) is 11.8 Å². The van der Waals surface area contributed by atoms with Gasteiger partial charge in [-0.25, -0.2) is 9.97 Å². The molecule has 0 bridgehead atoms. The molecule has 8 nitrogen and oxygen atoms in total. The van der Waals surface area contributed by atoms with E-state index in [-0.39, 0.29) is 23.8 Å². The molecule has 1 aromatic carbocycles. The molecule has 2 aliphatic rings.